The van der Waals surface area contributed by atoms with Gasteiger partial charge in [-0.3, -0.25) is 24.1 Å². The number of carbonyl (C=O) groups is 4. The van der Waals surface area contributed by atoms with Crippen molar-refractivity contribution in [3.8, 4) is 5.75 Å². The number of piperidine rings is 1. The smallest absolute Gasteiger partial charge is 0.306 e. The molecule has 1 aliphatic heterocycles. The molecule has 1 aromatic heterocycles. The molecule has 0 radical (unpaired) electrons. The third-order valence-corrected chi connectivity index (χ3v) is 12.7. The van der Waals surface area contributed by atoms with Gasteiger partial charge in [0.2, 0.25) is 5.91 Å². The highest BCUT2D eigenvalue weighted by atomic mass is 32.1. The molecular weight excluding hydrogens is 767 g/mol. The summed E-state index contributed by atoms with van der Waals surface area (Å²) in [6.45, 7) is 17.4. The van der Waals surface area contributed by atoms with Crippen LogP contribution in [0.4, 0.5) is 0 Å². The van der Waals surface area contributed by atoms with Crippen LogP contribution in [0.3, 0.4) is 0 Å². The number of likely N-dealkylation sites (N-methyl/N-ethyl adjacent to an activating group) is 1. The van der Waals surface area contributed by atoms with Gasteiger partial charge in [-0.1, -0.05) is 73.4 Å². The molecule has 3 rings (SSSR count). The van der Waals surface area contributed by atoms with Crippen molar-refractivity contribution in [3.05, 3.63) is 45.9 Å². The SMILES string of the molecule is CCCO[C@H](C[C@H](C(C)C)N(CCC)C(=O)[C@@H](CC(=O)[C@H]1CCCCN1C)[C@@H](C)CC)c1nc(C(=O)N[C@@H](Cc2ccc(OCCCCN)cc2)C[C@H](C)C(=O)O)cs1. The van der Waals surface area contributed by atoms with Gasteiger partial charge in [0.1, 0.15) is 22.6 Å². The number of nitrogens with two attached hydrogens (primary N) is 1. The molecule has 0 aliphatic carbocycles. The van der Waals surface area contributed by atoms with Gasteiger partial charge >= 0.3 is 5.97 Å². The number of nitrogens with zero attached hydrogens (tertiary/aromatic N) is 3. The Labute approximate surface area is 358 Å². The summed E-state index contributed by atoms with van der Waals surface area (Å²) in [5, 5.41) is 15.2. The first kappa shape index (κ1) is 50.0. The lowest BCUT2D eigenvalue weighted by Gasteiger charge is -2.40. The molecule has 1 aliphatic rings. The van der Waals surface area contributed by atoms with Crippen LogP contribution in [0.2, 0.25) is 0 Å². The van der Waals surface area contributed by atoms with E-state index in [4.69, 9.17) is 20.2 Å². The number of carboxylic acid groups (broad SMARTS) is 1. The second kappa shape index (κ2) is 26.1. The molecule has 0 spiro atoms. The van der Waals surface area contributed by atoms with Crippen LogP contribution in [-0.4, -0.2) is 101 Å². The minimum atomic E-state index is -0.925. The number of ether oxygens (including phenoxy) is 2. The third-order valence-electron chi connectivity index (χ3n) is 11.8. The van der Waals surface area contributed by atoms with Gasteiger partial charge in [-0.25, -0.2) is 4.98 Å². The van der Waals surface area contributed by atoms with Crippen LogP contribution in [0.15, 0.2) is 29.6 Å². The number of benzene rings is 1. The molecule has 332 valence electrons. The molecule has 1 aromatic carbocycles. The molecule has 7 atom stereocenters. The van der Waals surface area contributed by atoms with Crippen molar-refractivity contribution < 1.29 is 33.8 Å². The van der Waals surface area contributed by atoms with E-state index in [2.05, 4.69) is 44.8 Å². The van der Waals surface area contributed by atoms with Crippen LogP contribution < -0.4 is 15.8 Å². The second-order valence-corrected chi connectivity index (χ2v) is 17.9. The molecular formula is C46H75N5O7S. The Morgan fingerprint density at radius 2 is 1.75 bits per heavy atom. The standard InChI is InChI=1S/C46H75N5O7S/c1-9-22-51(45(54)37(32(6)11-3)28-41(52)39-16-12-14-23-50(39)8)40(31(4)5)29-42(58-24-10-2)44-49-38(30-59-44)43(53)48-35(26-33(7)46(55)56)27-34-17-19-36(20-18-34)57-25-15-13-21-47/h17-20,30-33,35,37,39-40,42H,9-16,21-29,47H2,1-8H3,(H,48,53)(H,55,56)/t32-,33-,35+,37-,39+,40+,42+/m0/s1. The molecule has 13 heteroatoms. The second-order valence-electron chi connectivity index (χ2n) is 17.0. The van der Waals surface area contributed by atoms with Crippen molar-refractivity contribution in [2.45, 2.75) is 150 Å². The zero-order valence-corrected chi connectivity index (χ0v) is 38.1. The number of nitrogens with one attached hydrogen (secondary N) is 1. The number of hydrogen-bond donors (Lipinski definition) is 3. The van der Waals surface area contributed by atoms with Gasteiger partial charge in [0.15, 0.2) is 5.78 Å². The van der Waals surface area contributed by atoms with E-state index in [1.54, 1.807) is 12.3 Å². The molecule has 2 heterocycles. The molecule has 0 saturated carbocycles. The monoisotopic (exact) mass is 842 g/mol. The summed E-state index contributed by atoms with van der Waals surface area (Å²) in [5.74, 6) is -1.30. The summed E-state index contributed by atoms with van der Waals surface area (Å²) in [5.41, 5.74) is 6.78. The number of likely N-dealkylation sites (tertiary alicyclic amines) is 1. The minimum Gasteiger partial charge on any atom is -0.494 e. The number of Topliss-reactive ketones (excluding diaryl/α,β-unsaturated/α-hetero) is 1. The summed E-state index contributed by atoms with van der Waals surface area (Å²) < 4.78 is 12.3. The zero-order valence-electron chi connectivity index (χ0n) is 37.3. The molecule has 59 heavy (non-hydrogen) atoms. The van der Waals surface area contributed by atoms with E-state index in [-0.39, 0.29) is 60.1 Å². The van der Waals surface area contributed by atoms with E-state index in [1.165, 1.54) is 11.3 Å². The van der Waals surface area contributed by atoms with Crippen molar-refractivity contribution in [2.24, 2.45) is 29.4 Å². The first-order chi connectivity index (χ1) is 28.2. The fourth-order valence-corrected chi connectivity index (χ4v) is 8.85. The van der Waals surface area contributed by atoms with Gasteiger partial charge in [0.05, 0.1) is 18.6 Å². The molecule has 12 nitrogen and oxygen atoms in total. The van der Waals surface area contributed by atoms with Crippen LogP contribution in [-0.2, 0) is 25.5 Å². The lowest BCUT2D eigenvalue weighted by molar-refractivity contribution is -0.145. The maximum absolute atomic E-state index is 14.7. The van der Waals surface area contributed by atoms with E-state index in [0.717, 1.165) is 69.2 Å². The van der Waals surface area contributed by atoms with Crippen molar-refractivity contribution >= 4 is 34.9 Å². The van der Waals surface area contributed by atoms with Gasteiger partial charge in [0.25, 0.3) is 5.91 Å². The summed E-state index contributed by atoms with van der Waals surface area (Å²) >= 11 is 1.36. The molecule has 0 bridgehead atoms. The number of aromatic nitrogens is 1. The first-order valence-corrected chi connectivity index (χ1v) is 23.2. The van der Waals surface area contributed by atoms with Crippen molar-refractivity contribution in [3.63, 3.8) is 0 Å². The molecule has 4 N–H and O–H groups in total. The molecule has 1 saturated heterocycles. The normalized spacial score (nSPS) is 17.8. The molecule has 0 unspecified atom stereocenters. The van der Waals surface area contributed by atoms with Crippen LogP contribution in [0.1, 0.15) is 146 Å². The highest BCUT2D eigenvalue weighted by Gasteiger charge is 2.38. The van der Waals surface area contributed by atoms with Gasteiger partial charge in [-0.15, -0.1) is 11.3 Å². The van der Waals surface area contributed by atoms with E-state index in [9.17, 15) is 24.3 Å². The predicted octanol–water partition coefficient (Wildman–Crippen LogP) is 7.94. The maximum Gasteiger partial charge on any atom is 0.306 e. The fourth-order valence-electron chi connectivity index (χ4n) is 7.99. The summed E-state index contributed by atoms with van der Waals surface area (Å²) in [6.07, 6.45) is 8.07. The van der Waals surface area contributed by atoms with Crippen LogP contribution in [0.5, 0.6) is 5.75 Å². The third kappa shape index (κ3) is 15.9. The predicted molar refractivity (Wildman–Crippen MR) is 236 cm³/mol. The van der Waals surface area contributed by atoms with E-state index >= 15 is 0 Å². The average Bonchev–Trinajstić information content (AvgIpc) is 3.71. The Morgan fingerprint density at radius 3 is 2.36 bits per heavy atom. The minimum absolute atomic E-state index is 0.0338. The number of unbranched alkanes of at least 4 members (excludes halogenated alkanes) is 1. The molecule has 2 amide bonds. The van der Waals surface area contributed by atoms with Gasteiger partial charge in [-0.05, 0) is 101 Å². The largest absolute Gasteiger partial charge is 0.494 e. The van der Waals surface area contributed by atoms with Crippen molar-refractivity contribution in [2.75, 3.05) is 39.9 Å². The lowest BCUT2D eigenvalue weighted by Crippen LogP contribution is -2.50. The number of thiazole rings is 1. The van der Waals surface area contributed by atoms with E-state index in [0.29, 0.717) is 44.2 Å². The van der Waals surface area contributed by atoms with E-state index < -0.39 is 30.0 Å². The van der Waals surface area contributed by atoms with Crippen molar-refractivity contribution in [1.29, 1.82) is 0 Å². The summed E-state index contributed by atoms with van der Waals surface area (Å²) in [6, 6.07) is 6.89. The Hall–Kier alpha value is -3.39. The highest BCUT2D eigenvalue weighted by Crippen LogP contribution is 2.34. The Kier molecular flexibility index (Phi) is 22.1. The number of aliphatic carboxylic acids is 1. The lowest BCUT2D eigenvalue weighted by atomic mass is 9.82. The maximum atomic E-state index is 14.7. The summed E-state index contributed by atoms with van der Waals surface area (Å²) in [7, 11) is 2.02. The zero-order chi connectivity index (χ0) is 43.5. The van der Waals surface area contributed by atoms with Gasteiger partial charge in [-0.2, -0.15) is 0 Å². The number of hydrogen-bond acceptors (Lipinski definition) is 10. The van der Waals surface area contributed by atoms with Crippen molar-refractivity contribution in [1.82, 2.24) is 20.1 Å². The van der Waals surface area contributed by atoms with Crippen LogP contribution in [0.25, 0.3) is 0 Å². The van der Waals surface area contributed by atoms with Crippen LogP contribution >= 0.6 is 11.3 Å². The fraction of sp³-hybridized carbons (Fsp3) is 0.717. The van der Waals surface area contributed by atoms with Gasteiger partial charge < -0.3 is 30.5 Å². The summed E-state index contributed by atoms with van der Waals surface area (Å²) in [4.78, 5) is 63.2. The molecule has 2 aromatic rings. The van der Waals surface area contributed by atoms with E-state index in [1.807, 2.05) is 43.1 Å². The Bertz CT molecular complexity index is 1570. The Balaban J connectivity index is 1.83. The molecule has 1 fully saturated rings. The average molecular weight is 842 g/mol. The quantitative estimate of drug-likeness (QED) is 0.0717. The topological polar surface area (TPSA) is 164 Å². The van der Waals surface area contributed by atoms with Gasteiger partial charge in [0, 0.05) is 49.4 Å². The number of carboxylic acids is 1. The number of carbonyl (C=O) groups excluding carboxylic acids is 3. The number of amides is 2. The number of ketones is 1. The highest BCUT2D eigenvalue weighted by molar-refractivity contribution is 7.09. The number of rotatable bonds is 28. The van der Waals surface area contributed by atoms with Crippen LogP contribution in [0, 0.1) is 23.7 Å². The first-order valence-electron chi connectivity index (χ1n) is 22.3. The Morgan fingerprint density at radius 1 is 1.02 bits per heavy atom.